The number of aliphatic imine (C=N–C) groups is 1. The van der Waals surface area contributed by atoms with E-state index in [1.165, 1.54) is 12.1 Å². The summed E-state index contributed by atoms with van der Waals surface area (Å²) < 4.78 is 0. The number of nitrogens with zero attached hydrogens (tertiary/aromatic N) is 1. The molecule has 0 fully saturated rings. The Morgan fingerprint density at radius 3 is 2.37 bits per heavy atom. The van der Waals surface area contributed by atoms with Gasteiger partial charge in [0.25, 0.3) is 0 Å². The quantitative estimate of drug-likeness (QED) is 0.733. The molecule has 19 heavy (non-hydrogen) atoms. The fraction of sp³-hybridized carbons (Fsp3) is 0.133. The minimum Gasteiger partial charge on any atom is -0.508 e. The van der Waals surface area contributed by atoms with Crippen molar-refractivity contribution in [2.45, 2.75) is 0 Å². The van der Waals surface area contributed by atoms with Crippen LogP contribution in [-0.2, 0) is 0 Å². The first kappa shape index (κ1) is 13.1. The Bertz CT molecular complexity index is 579. The molecule has 0 aliphatic rings. The maximum atomic E-state index is 9.92. The standard InChI is InChI=1S/C15H15NO3/c17-9-8-16-15(11-4-2-1-3-5-11)13-7-6-12(18)10-14(13)19/h1-7,10,17-19H,8-9H2. The molecule has 0 aliphatic heterocycles. The molecule has 4 nitrogen and oxygen atoms in total. The highest BCUT2D eigenvalue weighted by molar-refractivity contribution is 6.14. The van der Waals surface area contributed by atoms with Gasteiger partial charge in [0.15, 0.2) is 0 Å². The maximum absolute atomic E-state index is 9.92. The Balaban J connectivity index is 2.50. The lowest BCUT2D eigenvalue weighted by atomic mass is 10.0. The van der Waals surface area contributed by atoms with Crippen LogP contribution in [0.3, 0.4) is 0 Å². The molecule has 2 aromatic rings. The second-order valence-corrected chi connectivity index (χ2v) is 4.02. The zero-order valence-electron chi connectivity index (χ0n) is 10.3. The van der Waals surface area contributed by atoms with E-state index in [1.807, 2.05) is 30.3 Å². The van der Waals surface area contributed by atoms with E-state index >= 15 is 0 Å². The normalized spacial score (nSPS) is 11.5. The number of hydrogen-bond donors (Lipinski definition) is 3. The van der Waals surface area contributed by atoms with E-state index in [0.717, 1.165) is 5.56 Å². The van der Waals surface area contributed by atoms with Crippen molar-refractivity contribution in [1.29, 1.82) is 0 Å². The third kappa shape index (κ3) is 3.11. The molecule has 0 bridgehead atoms. The van der Waals surface area contributed by atoms with Crippen molar-refractivity contribution < 1.29 is 15.3 Å². The van der Waals surface area contributed by atoms with Gasteiger partial charge in [-0.3, -0.25) is 4.99 Å². The molecule has 0 amide bonds. The molecule has 0 atom stereocenters. The van der Waals surface area contributed by atoms with Gasteiger partial charge >= 0.3 is 0 Å². The molecule has 0 saturated carbocycles. The van der Waals surface area contributed by atoms with Gasteiger partial charge in [0.1, 0.15) is 11.5 Å². The van der Waals surface area contributed by atoms with Crippen LogP contribution in [0.2, 0.25) is 0 Å². The van der Waals surface area contributed by atoms with Crippen LogP contribution in [-0.4, -0.2) is 34.2 Å². The SMILES string of the molecule is OCCN=C(c1ccccc1)c1ccc(O)cc1O. The summed E-state index contributed by atoms with van der Waals surface area (Å²) in [5, 5.41) is 28.2. The van der Waals surface area contributed by atoms with Gasteiger partial charge in [0.05, 0.1) is 18.9 Å². The van der Waals surface area contributed by atoms with Crippen molar-refractivity contribution in [2.75, 3.05) is 13.2 Å². The molecule has 3 N–H and O–H groups in total. The van der Waals surface area contributed by atoms with Crippen LogP contribution in [0.15, 0.2) is 53.5 Å². The third-order valence-electron chi connectivity index (χ3n) is 2.65. The summed E-state index contributed by atoms with van der Waals surface area (Å²) in [6, 6.07) is 13.8. The first-order valence-electron chi connectivity index (χ1n) is 5.95. The molecule has 0 saturated heterocycles. The van der Waals surface area contributed by atoms with Crippen molar-refractivity contribution in [3.8, 4) is 11.5 Å². The Labute approximate surface area is 111 Å². The lowest BCUT2D eigenvalue weighted by Gasteiger charge is -2.09. The molecule has 0 unspecified atom stereocenters. The van der Waals surface area contributed by atoms with Crippen LogP contribution >= 0.6 is 0 Å². The van der Waals surface area contributed by atoms with Crippen molar-refractivity contribution in [3.05, 3.63) is 59.7 Å². The number of aromatic hydroxyl groups is 2. The van der Waals surface area contributed by atoms with E-state index in [0.29, 0.717) is 11.3 Å². The number of aliphatic hydroxyl groups excluding tert-OH is 1. The van der Waals surface area contributed by atoms with Crippen LogP contribution in [0.25, 0.3) is 0 Å². The Hall–Kier alpha value is -2.33. The fourth-order valence-electron chi connectivity index (χ4n) is 1.81. The second-order valence-electron chi connectivity index (χ2n) is 4.02. The van der Waals surface area contributed by atoms with Gasteiger partial charge in [-0.2, -0.15) is 0 Å². The highest BCUT2D eigenvalue weighted by Crippen LogP contribution is 2.25. The van der Waals surface area contributed by atoms with Crippen LogP contribution in [0.4, 0.5) is 0 Å². The van der Waals surface area contributed by atoms with Crippen molar-refractivity contribution in [1.82, 2.24) is 0 Å². The fourth-order valence-corrected chi connectivity index (χ4v) is 1.81. The Morgan fingerprint density at radius 2 is 1.74 bits per heavy atom. The summed E-state index contributed by atoms with van der Waals surface area (Å²) in [5.41, 5.74) is 1.96. The zero-order valence-corrected chi connectivity index (χ0v) is 10.3. The molecule has 0 aromatic heterocycles. The molecular weight excluding hydrogens is 242 g/mol. The van der Waals surface area contributed by atoms with Crippen LogP contribution in [0.5, 0.6) is 11.5 Å². The molecule has 4 heteroatoms. The van der Waals surface area contributed by atoms with Crippen molar-refractivity contribution in [2.24, 2.45) is 4.99 Å². The number of phenolic OH excluding ortho intramolecular Hbond substituents is 2. The van der Waals surface area contributed by atoms with E-state index in [2.05, 4.69) is 4.99 Å². The van der Waals surface area contributed by atoms with Gasteiger partial charge in [-0.25, -0.2) is 0 Å². The van der Waals surface area contributed by atoms with Gasteiger partial charge in [0.2, 0.25) is 0 Å². The summed E-state index contributed by atoms with van der Waals surface area (Å²) in [4.78, 5) is 4.30. The average Bonchev–Trinajstić information content (AvgIpc) is 2.42. The molecule has 2 aromatic carbocycles. The molecule has 2 rings (SSSR count). The molecule has 0 radical (unpaired) electrons. The topological polar surface area (TPSA) is 73.1 Å². The molecular formula is C15H15NO3. The average molecular weight is 257 g/mol. The highest BCUT2D eigenvalue weighted by Gasteiger charge is 2.11. The lowest BCUT2D eigenvalue weighted by Crippen LogP contribution is -2.06. The molecule has 0 aliphatic carbocycles. The van der Waals surface area contributed by atoms with Crippen LogP contribution in [0, 0.1) is 0 Å². The molecule has 0 spiro atoms. The minimum absolute atomic E-state index is 0.00387. The van der Waals surface area contributed by atoms with E-state index in [9.17, 15) is 10.2 Å². The monoisotopic (exact) mass is 257 g/mol. The van der Waals surface area contributed by atoms with Gasteiger partial charge in [-0.15, -0.1) is 0 Å². The predicted octanol–water partition coefficient (Wildman–Crippen LogP) is 1.93. The highest BCUT2D eigenvalue weighted by atomic mass is 16.3. The van der Waals surface area contributed by atoms with Crippen molar-refractivity contribution in [3.63, 3.8) is 0 Å². The van der Waals surface area contributed by atoms with Crippen molar-refractivity contribution >= 4 is 5.71 Å². The summed E-state index contributed by atoms with van der Waals surface area (Å²) in [6.45, 7) is 0.194. The minimum atomic E-state index is -0.0603. The summed E-state index contributed by atoms with van der Waals surface area (Å²) >= 11 is 0. The molecule has 98 valence electrons. The maximum Gasteiger partial charge on any atom is 0.128 e. The summed E-state index contributed by atoms with van der Waals surface area (Å²) in [5.74, 6) is -0.0450. The Kier molecular flexibility index (Phi) is 4.15. The smallest absolute Gasteiger partial charge is 0.128 e. The van der Waals surface area contributed by atoms with Crippen LogP contribution < -0.4 is 0 Å². The first-order chi connectivity index (χ1) is 9.22. The van der Waals surface area contributed by atoms with E-state index < -0.39 is 0 Å². The zero-order chi connectivity index (χ0) is 13.7. The van der Waals surface area contributed by atoms with Gasteiger partial charge in [-0.1, -0.05) is 30.3 Å². The van der Waals surface area contributed by atoms with E-state index in [-0.39, 0.29) is 24.7 Å². The van der Waals surface area contributed by atoms with E-state index in [1.54, 1.807) is 6.07 Å². The largest absolute Gasteiger partial charge is 0.508 e. The second kappa shape index (κ2) is 6.02. The number of phenols is 2. The van der Waals surface area contributed by atoms with E-state index in [4.69, 9.17) is 5.11 Å². The number of rotatable bonds is 4. The third-order valence-corrected chi connectivity index (χ3v) is 2.65. The number of aliphatic hydroxyl groups is 1. The predicted molar refractivity (Wildman–Crippen MR) is 73.8 cm³/mol. The Morgan fingerprint density at radius 1 is 1.00 bits per heavy atom. The van der Waals surface area contributed by atoms with Gasteiger partial charge in [0, 0.05) is 17.2 Å². The number of hydrogen-bond acceptors (Lipinski definition) is 4. The van der Waals surface area contributed by atoms with Gasteiger partial charge < -0.3 is 15.3 Å². The summed E-state index contributed by atoms with van der Waals surface area (Å²) in [7, 11) is 0. The van der Waals surface area contributed by atoms with Crippen LogP contribution in [0.1, 0.15) is 11.1 Å². The number of benzene rings is 2. The summed E-state index contributed by atoms with van der Waals surface area (Å²) in [6.07, 6.45) is 0. The molecule has 0 heterocycles. The lowest BCUT2D eigenvalue weighted by molar-refractivity contribution is 0.307. The first-order valence-corrected chi connectivity index (χ1v) is 5.95. The van der Waals surface area contributed by atoms with Gasteiger partial charge in [-0.05, 0) is 12.1 Å².